The molecule has 0 saturated carbocycles. The van der Waals surface area contributed by atoms with Crippen molar-refractivity contribution >= 4 is 46.7 Å². The molecule has 1 fully saturated rings. The molecule has 1 aromatic carbocycles. The molecule has 1 aromatic rings. The number of carbonyl (C=O) groups excluding carboxylic acids is 3. The van der Waals surface area contributed by atoms with Crippen LogP contribution in [0.5, 0.6) is 0 Å². The molecule has 142 valence electrons. The molecule has 0 bridgehead atoms. The zero-order chi connectivity index (χ0) is 19.3. The van der Waals surface area contributed by atoms with Crippen LogP contribution in [0.4, 0.5) is 10.5 Å². The Morgan fingerprint density at radius 1 is 1.19 bits per heavy atom. The van der Waals surface area contributed by atoms with Gasteiger partial charge >= 0.3 is 6.03 Å². The molecule has 0 radical (unpaired) electrons. The predicted molar refractivity (Wildman–Crippen MR) is 103 cm³/mol. The van der Waals surface area contributed by atoms with Gasteiger partial charge in [0.2, 0.25) is 5.91 Å². The third-order valence-corrected chi connectivity index (χ3v) is 5.12. The van der Waals surface area contributed by atoms with Gasteiger partial charge in [0.1, 0.15) is 12.1 Å². The Labute approximate surface area is 163 Å². The lowest BCUT2D eigenvalue weighted by Gasteiger charge is -2.21. The van der Waals surface area contributed by atoms with Crippen LogP contribution in [0, 0.1) is 0 Å². The first kappa shape index (κ1) is 20.5. The van der Waals surface area contributed by atoms with Crippen molar-refractivity contribution in [2.75, 3.05) is 11.9 Å². The molecule has 26 heavy (non-hydrogen) atoms. The average Bonchev–Trinajstić information content (AvgIpc) is 2.79. The van der Waals surface area contributed by atoms with Crippen molar-refractivity contribution in [3.63, 3.8) is 0 Å². The van der Waals surface area contributed by atoms with Crippen molar-refractivity contribution in [2.45, 2.75) is 51.5 Å². The molecule has 6 nitrogen and oxygen atoms in total. The Morgan fingerprint density at radius 3 is 2.58 bits per heavy atom. The Bertz CT molecular complexity index is 711. The fourth-order valence-corrected chi connectivity index (χ4v) is 3.18. The molecule has 8 heteroatoms. The number of hydrogen-bond donors (Lipinski definition) is 2. The van der Waals surface area contributed by atoms with Crippen LogP contribution in [0.15, 0.2) is 18.2 Å². The van der Waals surface area contributed by atoms with Crippen molar-refractivity contribution in [3.8, 4) is 0 Å². The van der Waals surface area contributed by atoms with Gasteiger partial charge in [-0.25, -0.2) is 4.79 Å². The number of amides is 4. The second-order valence-electron chi connectivity index (χ2n) is 6.64. The predicted octanol–water partition coefficient (Wildman–Crippen LogP) is 4.21. The monoisotopic (exact) mass is 399 g/mol. The van der Waals surface area contributed by atoms with Gasteiger partial charge in [0.25, 0.3) is 5.91 Å². The summed E-state index contributed by atoms with van der Waals surface area (Å²) < 4.78 is 0. The number of unbranched alkanes of at least 4 members (excludes halogenated alkanes) is 3. The first-order valence-corrected chi connectivity index (χ1v) is 9.41. The van der Waals surface area contributed by atoms with E-state index >= 15 is 0 Å². The third kappa shape index (κ3) is 4.89. The average molecular weight is 400 g/mol. The van der Waals surface area contributed by atoms with Crippen LogP contribution in [0.3, 0.4) is 0 Å². The maximum Gasteiger partial charge on any atom is 0.325 e. The minimum absolute atomic E-state index is 0.305. The van der Waals surface area contributed by atoms with E-state index in [9.17, 15) is 14.4 Å². The highest BCUT2D eigenvalue weighted by Gasteiger charge is 2.47. The SMILES string of the molecule is CCCCCC[C@]1(C)NC(=O)N(CC(=O)Nc2ccc(Cl)c(Cl)c2)C1=O. The van der Waals surface area contributed by atoms with Gasteiger partial charge in [0.05, 0.1) is 10.0 Å². The summed E-state index contributed by atoms with van der Waals surface area (Å²) >= 11 is 11.7. The summed E-state index contributed by atoms with van der Waals surface area (Å²) in [6.07, 6.45) is 4.60. The van der Waals surface area contributed by atoms with E-state index in [0.717, 1.165) is 30.6 Å². The van der Waals surface area contributed by atoms with E-state index in [-0.39, 0.29) is 12.5 Å². The highest BCUT2D eigenvalue weighted by molar-refractivity contribution is 6.42. The van der Waals surface area contributed by atoms with E-state index in [4.69, 9.17) is 23.2 Å². The lowest BCUT2D eigenvalue weighted by Crippen LogP contribution is -2.44. The number of halogens is 2. The number of urea groups is 1. The molecular weight excluding hydrogens is 377 g/mol. The fourth-order valence-electron chi connectivity index (χ4n) is 2.88. The summed E-state index contributed by atoms with van der Waals surface area (Å²) in [5.41, 5.74) is -0.506. The van der Waals surface area contributed by atoms with Gasteiger partial charge in [-0.1, -0.05) is 55.8 Å². The molecule has 1 saturated heterocycles. The lowest BCUT2D eigenvalue weighted by atomic mass is 9.94. The Hall–Kier alpha value is -1.79. The normalized spacial score (nSPS) is 19.6. The van der Waals surface area contributed by atoms with Crippen LogP contribution in [-0.4, -0.2) is 34.8 Å². The van der Waals surface area contributed by atoms with Crippen molar-refractivity contribution in [1.82, 2.24) is 10.2 Å². The fraction of sp³-hybridized carbons (Fsp3) is 0.500. The maximum absolute atomic E-state index is 12.6. The summed E-state index contributed by atoms with van der Waals surface area (Å²) in [4.78, 5) is 37.9. The molecule has 0 aliphatic carbocycles. The Balaban J connectivity index is 1.95. The van der Waals surface area contributed by atoms with Crippen LogP contribution < -0.4 is 10.6 Å². The summed E-state index contributed by atoms with van der Waals surface area (Å²) in [6.45, 7) is 3.46. The van der Waals surface area contributed by atoms with E-state index in [1.807, 2.05) is 0 Å². The molecule has 2 N–H and O–H groups in total. The van der Waals surface area contributed by atoms with E-state index in [1.165, 1.54) is 6.07 Å². The summed E-state index contributed by atoms with van der Waals surface area (Å²) in [5, 5.41) is 6.00. The number of benzene rings is 1. The number of nitrogens with zero attached hydrogens (tertiary/aromatic N) is 1. The van der Waals surface area contributed by atoms with Crippen LogP contribution in [0.2, 0.25) is 10.0 Å². The molecule has 1 heterocycles. The van der Waals surface area contributed by atoms with Crippen LogP contribution in [0.1, 0.15) is 46.0 Å². The van der Waals surface area contributed by atoms with Crippen molar-refractivity contribution < 1.29 is 14.4 Å². The van der Waals surface area contributed by atoms with Gasteiger partial charge in [-0.3, -0.25) is 14.5 Å². The van der Waals surface area contributed by atoms with Crippen LogP contribution in [0.25, 0.3) is 0 Å². The number of nitrogens with one attached hydrogen (secondary N) is 2. The zero-order valence-corrected chi connectivity index (χ0v) is 16.4. The van der Waals surface area contributed by atoms with Gasteiger partial charge in [0.15, 0.2) is 0 Å². The highest BCUT2D eigenvalue weighted by Crippen LogP contribution is 2.26. The summed E-state index contributed by atoms with van der Waals surface area (Å²) in [7, 11) is 0. The molecule has 4 amide bonds. The largest absolute Gasteiger partial charge is 0.325 e. The molecule has 0 spiro atoms. The quantitative estimate of drug-likeness (QED) is 0.507. The lowest BCUT2D eigenvalue weighted by molar-refractivity contribution is -0.133. The number of carbonyl (C=O) groups is 3. The third-order valence-electron chi connectivity index (χ3n) is 4.38. The smallest absolute Gasteiger partial charge is 0.324 e. The maximum atomic E-state index is 12.6. The first-order valence-electron chi connectivity index (χ1n) is 8.66. The van der Waals surface area contributed by atoms with Gasteiger partial charge in [-0.15, -0.1) is 0 Å². The minimum atomic E-state index is -0.950. The molecule has 0 aromatic heterocycles. The number of hydrogen-bond acceptors (Lipinski definition) is 3. The van der Waals surface area contributed by atoms with Crippen LogP contribution >= 0.6 is 23.2 Å². The Kier molecular flexibility index (Phi) is 6.89. The van der Waals surface area contributed by atoms with Crippen LogP contribution in [-0.2, 0) is 9.59 Å². The number of rotatable bonds is 8. The van der Waals surface area contributed by atoms with Gasteiger partial charge in [0, 0.05) is 5.69 Å². The van der Waals surface area contributed by atoms with Gasteiger partial charge in [-0.05, 0) is 31.5 Å². The van der Waals surface area contributed by atoms with Crippen molar-refractivity contribution in [1.29, 1.82) is 0 Å². The standard InChI is InChI=1S/C18H23Cl2N3O3/c1-3-4-5-6-9-18(2)16(25)23(17(26)22-18)11-15(24)21-12-7-8-13(19)14(20)10-12/h7-8,10H,3-6,9,11H2,1-2H3,(H,21,24)(H,22,26)/t18-/m0/s1. The molecule has 1 atom stereocenters. The van der Waals surface area contributed by atoms with Gasteiger partial charge < -0.3 is 10.6 Å². The van der Waals surface area contributed by atoms with E-state index < -0.39 is 17.5 Å². The highest BCUT2D eigenvalue weighted by atomic mass is 35.5. The van der Waals surface area contributed by atoms with Crippen molar-refractivity contribution in [3.05, 3.63) is 28.2 Å². The minimum Gasteiger partial charge on any atom is -0.324 e. The van der Waals surface area contributed by atoms with Gasteiger partial charge in [-0.2, -0.15) is 0 Å². The zero-order valence-electron chi connectivity index (χ0n) is 14.9. The molecule has 2 rings (SSSR count). The van der Waals surface area contributed by atoms with E-state index in [2.05, 4.69) is 17.6 Å². The summed E-state index contributed by atoms with van der Waals surface area (Å²) in [5.74, 6) is -0.856. The number of imide groups is 1. The second kappa shape index (κ2) is 8.73. The molecule has 0 unspecified atom stereocenters. The van der Waals surface area contributed by atoms with E-state index in [1.54, 1.807) is 19.1 Å². The topological polar surface area (TPSA) is 78.5 Å². The van der Waals surface area contributed by atoms with Crippen molar-refractivity contribution in [2.24, 2.45) is 0 Å². The molecule has 1 aliphatic heterocycles. The van der Waals surface area contributed by atoms with E-state index in [0.29, 0.717) is 22.2 Å². The summed E-state index contributed by atoms with van der Waals surface area (Å²) in [6, 6.07) is 4.11. The second-order valence-corrected chi connectivity index (χ2v) is 7.46. The number of anilines is 1. The molecule has 1 aliphatic rings. The Morgan fingerprint density at radius 2 is 1.92 bits per heavy atom. The molecular formula is C18H23Cl2N3O3. The first-order chi connectivity index (χ1) is 12.3.